The highest BCUT2D eigenvalue weighted by molar-refractivity contribution is 7.99. The molecule has 2 N–H and O–H groups in total. The summed E-state index contributed by atoms with van der Waals surface area (Å²) in [6.07, 6.45) is 0.440. The Morgan fingerprint density at radius 3 is 2.83 bits per heavy atom. The van der Waals surface area contributed by atoms with Gasteiger partial charge in [-0.3, -0.25) is 4.79 Å². The summed E-state index contributed by atoms with van der Waals surface area (Å²) in [4.78, 5) is 11.5. The van der Waals surface area contributed by atoms with Gasteiger partial charge in [0.2, 0.25) is 5.91 Å². The summed E-state index contributed by atoms with van der Waals surface area (Å²) >= 11 is 1.62. The van der Waals surface area contributed by atoms with Crippen LogP contribution in [0.5, 0.6) is 0 Å². The number of aryl methyl sites for hydroxylation is 1. The minimum absolute atomic E-state index is 0.0129. The van der Waals surface area contributed by atoms with Crippen LogP contribution < -0.4 is 5.32 Å². The molecule has 0 aromatic heterocycles. The number of aliphatic hydroxyl groups excluding tert-OH is 1. The first-order valence-electron chi connectivity index (χ1n) is 6.23. The first-order valence-corrected chi connectivity index (χ1v) is 7.38. The van der Waals surface area contributed by atoms with Crippen molar-refractivity contribution in [3.05, 3.63) is 35.4 Å². The molecule has 0 bridgehead atoms. The molecule has 0 heterocycles. The van der Waals surface area contributed by atoms with Crippen LogP contribution in [0.4, 0.5) is 0 Å². The van der Waals surface area contributed by atoms with Crippen molar-refractivity contribution < 1.29 is 9.90 Å². The second kappa shape index (κ2) is 8.16. The minimum Gasteiger partial charge on any atom is -0.387 e. The van der Waals surface area contributed by atoms with Gasteiger partial charge >= 0.3 is 0 Å². The van der Waals surface area contributed by atoms with Crippen molar-refractivity contribution in [2.75, 3.05) is 18.1 Å². The van der Waals surface area contributed by atoms with E-state index in [4.69, 9.17) is 0 Å². The first kappa shape index (κ1) is 15.1. The van der Waals surface area contributed by atoms with Crippen LogP contribution >= 0.6 is 11.8 Å². The predicted octanol–water partition coefficient (Wildman–Crippen LogP) is 2.29. The van der Waals surface area contributed by atoms with Gasteiger partial charge in [-0.25, -0.2) is 0 Å². The van der Waals surface area contributed by atoms with Crippen molar-refractivity contribution in [1.29, 1.82) is 0 Å². The fraction of sp³-hybridized carbons (Fsp3) is 0.500. The number of nitrogens with one attached hydrogen (secondary N) is 1. The molecular formula is C14H21NO2S. The van der Waals surface area contributed by atoms with Gasteiger partial charge in [0, 0.05) is 6.54 Å². The smallest absolute Gasteiger partial charge is 0.230 e. The van der Waals surface area contributed by atoms with Gasteiger partial charge in [-0.2, -0.15) is 11.8 Å². The summed E-state index contributed by atoms with van der Waals surface area (Å²) in [6, 6.07) is 7.67. The molecule has 0 saturated heterocycles. The minimum atomic E-state index is -0.633. The average molecular weight is 267 g/mol. The van der Waals surface area contributed by atoms with Crippen molar-refractivity contribution in [3.63, 3.8) is 0 Å². The van der Waals surface area contributed by atoms with Crippen LogP contribution in [0.3, 0.4) is 0 Å². The maximum absolute atomic E-state index is 11.5. The van der Waals surface area contributed by atoms with Crippen LogP contribution in [0, 0.1) is 6.92 Å². The third kappa shape index (κ3) is 5.10. The SMILES string of the molecule is CCCSCC(=O)NCC(O)c1ccccc1C. The summed E-state index contributed by atoms with van der Waals surface area (Å²) in [5, 5.41) is 12.8. The van der Waals surface area contributed by atoms with E-state index in [0.29, 0.717) is 5.75 Å². The molecule has 3 nitrogen and oxygen atoms in total. The lowest BCUT2D eigenvalue weighted by Gasteiger charge is -2.14. The fourth-order valence-corrected chi connectivity index (χ4v) is 2.36. The molecule has 100 valence electrons. The second-order valence-corrected chi connectivity index (χ2v) is 5.33. The molecule has 0 saturated carbocycles. The lowest BCUT2D eigenvalue weighted by atomic mass is 10.0. The third-order valence-corrected chi connectivity index (χ3v) is 3.78. The van der Waals surface area contributed by atoms with E-state index in [-0.39, 0.29) is 12.5 Å². The van der Waals surface area contributed by atoms with Crippen molar-refractivity contribution >= 4 is 17.7 Å². The van der Waals surface area contributed by atoms with E-state index in [2.05, 4.69) is 12.2 Å². The molecule has 1 aromatic rings. The molecular weight excluding hydrogens is 246 g/mol. The van der Waals surface area contributed by atoms with Gasteiger partial charge in [-0.1, -0.05) is 31.2 Å². The highest BCUT2D eigenvalue weighted by Gasteiger charge is 2.11. The standard InChI is InChI=1S/C14H21NO2S/c1-3-8-18-10-14(17)15-9-13(16)12-7-5-4-6-11(12)2/h4-7,13,16H,3,8-10H2,1-2H3,(H,15,17). The molecule has 1 unspecified atom stereocenters. The quantitative estimate of drug-likeness (QED) is 0.745. The van der Waals surface area contributed by atoms with Crippen molar-refractivity contribution in [2.45, 2.75) is 26.4 Å². The summed E-state index contributed by atoms with van der Waals surface area (Å²) < 4.78 is 0. The second-order valence-electron chi connectivity index (χ2n) is 4.23. The van der Waals surface area contributed by atoms with Crippen molar-refractivity contribution in [3.8, 4) is 0 Å². The van der Waals surface area contributed by atoms with Crippen LogP contribution in [-0.4, -0.2) is 29.1 Å². The van der Waals surface area contributed by atoms with E-state index in [9.17, 15) is 9.90 Å². The Kier molecular flexibility index (Phi) is 6.83. The van der Waals surface area contributed by atoms with E-state index in [1.165, 1.54) is 0 Å². The van der Waals surface area contributed by atoms with E-state index in [1.54, 1.807) is 11.8 Å². The average Bonchev–Trinajstić information content (AvgIpc) is 2.37. The predicted molar refractivity (Wildman–Crippen MR) is 76.8 cm³/mol. The fourth-order valence-electron chi connectivity index (χ4n) is 1.64. The molecule has 18 heavy (non-hydrogen) atoms. The monoisotopic (exact) mass is 267 g/mol. The Balaban J connectivity index is 2.35. The van der Waals surface area contributed by atoms with Crippen LogP contribution in [0.25, 0.3) is 0 Å². The van der Waals surface area contributed by atoms with Crippen molar-refractivity contribution in [1.82, 2.24) is 5.32 Å². The Labute approximate surface area is 113 Å². The Morgan fingerprint density at radius 1 is 1.44 bits per heavy atom. The van der Waals surface area contributed by atoms with Gasteiger partial charge in [0.25, 0.3) is 0 Å². The number of carbonyl (C=O) groups is 1. The van der Waals surface area contributed by atoms with Gasteiger partial charge in [-0.15, -0.1) is 0 Å². The molecule has 1 rings (SSSR count). The number of hydrogen-bond acceptors (Lipinski definition) is 3. The topological polar surface area (TPSA) is 49.3 Å². The van der Waals surface area contributed by atoms with Gasteiger partial charge in [0.1, 0.15) is 0 Å². The third-order valence-electron chi connectivity index (χ3n) is 2.62. The van der Waals surface area contributed by atoms with Gasteiger partial charge in [0.15, 0.2) is 0 Å². The van der Waals surface area contributed by atoms with Crippen LogP contribution in [-0.2, 0) is 4.79 Å². The summed E-state index contributed by atoms with van der Waals surface area (Å²) in [6.45, 7) is 4.32. The zero-order valence-corrected chi connectivity index (χ0v) is 11.8. The largest absolute Gasteiger partial charge is 0.387 e. The Morgan fingerprint density at radius 2 is 2.17 bits per heavy atom. The molecule has 1 atom stereocenters. The van der Waals surface area contributed by atoms with E-state index in [1.807, 2.05) is 31.2 Å². The zero-order valence-electron chi connectivity index (χ0n) is 11.0. The maximum atomic E-state index is 11.5. The molecule has 1 aromatic carbocycles. The number of benzene rings is 1. The summed E-state index contributed by atoms with van der Waals surface area (Å²) in [5.41, 5.74) is 1.92. The molecule has 1 amide bonds. The van der Waals surface area contributed by atoms with Crippen LogP contribution in [0.2, 0.25) is 0 Å². The lowest BCUT2D eigenvalue weighted by Crippen LogP contribution is -2.30. The number of aliphatic hydroxyl groups is 1. The molecule has 4 heteroatoms. The molecule has 0 aliphatic carbocycles. The van der Waals surface area contributed by atoms with Gasteiger partial charge in [-0.05, 0) is 30.2 Å². The van der Waals surface area contributed by atoms with E-state index < -0.39 is 6.10 Å². The van der Waals surface area contributed by atoms with Gasteiger partial charge in [0.05, 0.1) is 11.9 Å². The zero-order chi connectivity index (χ0) is 13.4. The lowest BCUT2D eigenvalue weighted by molar-refractivity contribution is -0.119. The molecule has 0 spiro atoms. The number of carbonyl (C=O) groups excluding carboxylic acids is 1. The molecule has 0 radical (unpaired) electrons. The molecule has 0 fully saturated rings. The Hall–Kier alpha value is -1.00. The maximum Gasteiger partial charge on any atom is 0.230 e. The van der Waals surface area contributed by atoms with Gasteiger partial charge < -0.3 is 10.4 Å². The Bertz CT molecular complexity index is 382. The van der Waals surface area contributed by atoms with E-state index >= 15 is 0 Å². The number of hydrogen-bond donors (Lipinski definition) is 2. The number of amides is 1. The first-order chi connectivity index (χ1) is 8.65. The number of rotatable bonds is 7. The van der Waals surface area contributed by atoms with E-state index in [0.717, 1.165) is 23.3 Å². The highest BCUT2D eigenvalue weighted by Crippen LogP contribution is 2.16. The number of thioether (sulfide) groups is 1. The summed E-state index contributed by atoms with van der Waals surface area (Å²) in [5.74, 6) is 1.45. The molecule has 0 aliphatic heterocycles. The summed E-state index contributed by atoms with van der Waals surface area (Å²) in [7, 11) is 0. The van der Waals surface area contributed by atoms with Crippen molar-refractivity contribution in [2.24, 2.45) is 0 Å². The molecule has 0 aliphatic rings. The normalized spacial score (nSPS) is 12.2. The van der Waals surface area contributed by atoms with Crippen LogP contribution in [0.1, 0.15) is 30.6 Å². The highest BCUT2D eigenvalue weighted by atomic mass is 32.2. The van der Waals surface area contributed by atoms with Crippen LogP contribution in [0.15, 0.2) is 24.3 Å².